The number of nitrogens with two attached hydrogens (primary N) is 1. The second kappa shape index (κ2) is 12.0. The Labute approximate surface area is 204 Å². The molecule has 3 N–H and O–H groups in total. The molecule has 35 heavy (non-hydrogen) atoms. The Hall–Kier alpha value is -3.10. The number of amides is 1. The summed E-state index contributed by atoms with van der Waals surface area (Å²) in [5.41, 5.74) is 8.65. The maximum Gasteiger partial charge on any atom is 0.224 e. The fraction of sp³-hybridized carbons (Fsp3) is 0.370. The summed E-state index contributed by atoms with van der Waals surface area (Å²) in [4.78, 5) is 16.4. The highest BCUT2D eigenvalue weighted by Crippen LogP contribution is 2.29. The second-order valence-electron chi connectivity index (χ2n) is 8.90. The van der Waals surface area contributed by atoms with Crippen LogP contribution in [-0.2, 0) is 17.8 Å². The number of β-amino-alcohol motifs (C(OH)–C–C–N with tert-alkyl or cyclic N) is 1. The van der Waals surface area contributed by atoms with E-state index in [0.717, 1.165) is 35.7 Å². The lowest BCUT2D eigenvalue weighted by Gasteiger charge is -2.31. The highest BCUT2D eigenvalue weighted by Gasteiger charge is 2.30. The quantitative estimate of drug-likeness (QED) is 0.405. The number of nitrogens with zero attached hydrogens (tertiary/aromatic N) is 2. The van der Waals surface area contributed by atoms with E-state index in [1.165, 1.54) is 4.90 Å². The molecule has 0 saturated carbocycles. The van der Waals surface area contributed by atoms with Crippen LogP contribution in [0.2, 0.25) is 0 Å². The normalized spacial score (nSPS) is 16.8. The van der Waals surface area contributed by atoms with E-state index in [2.05, 4.69) is 12.7 Å². The van der Waals surface area contributed by atoms with Crippen LogP contribution in [0, 0.1) is 17.5 Å². The molecule has 8 heteroatoms. The summed E-state index contributed by atoms with van der Waals surface area (Å²) < 4.78 is 40.7. The van der Waals surface area contributed by atoms with E-state index in [4.69, 9.17) is 5.73 Å². The van der Waals surface area contributed by atoms with Crippen LogP contribution in [0.3, 0.4) is 0 Å². The van der Waals surface area contributed by atoms with Gasteiger partial charge in [0.25, 0.3) is 0 Å². The second-order valence-corrected chi connectivity index (χ2v) is 8.90. The van der Waals surface area contributed by atoms with E-state index in [1.54, 1.807) is 0 Å². The SMILES string of the molecule is C=C(CC/C=C\C)CN1c2ccccc2CN(C(=O)CC(N)Cc2cc(F)c(F)cc2F)CC1O. The molecule has 0 aliphatic carbocycles. The minimum absolute atomic E-state index is 0.0575. The molecule has 1 amide bonds. The van der Waals surface area contributed by atoms with Gasteiger partial charge in [0, 0.05) is 37.3 Å². The Morgan fingerprint density at radius 1 is 1.23 bits per heavy atom. The molecule has 0 bridgehead atoms. The van der Waals surface area contributed by atoms with Gasteiger partial charge in [0.2, 0.25) is 5.91 Å². The molecule has 2 unspecified atom stereocenters. The van der Waals surface area contributed by atoms with E-state index < -0.39 is 29.7 Å². The van der Waals surface area contributed by atoms with Gasteiger partial charge >= 0.3 is 0 Å². The van der Waals surface area contributed by atoms with Crippen LogP contribution in [0.5, 0.6) is 0 Å². The standard InChI is InChI=1S/C27H32F3N3O2/c1-3-4-5-8-18(2)15-33-25-10-7-6-9-19(25)16-32(17-27(33)35)26(34)13-21(31)11-20-12-23(29)24(30)14-22(20)28/h3-4,6-7,9-10,12,14,21,27,35H,2,5,8,11,13,15-17,31H2,1H3/b4-3-. The lowest BCUT2D eigenvalue weighted by atomic mass is 10.0. The number of para-hydroxylation sites is 1. The molecule has 1 aliphatic rings. The van der Waals surface area contributed by atoms with E-state index in [0.29, 0.717) is 12.6 Å². The van der Waals surface area contributed by atoms with Crippen molar-refractivity contribution in [1.82, 2.24) is 4.90 Å². The van der Waals surface area contributed by atoms with Crippen LogP contribution in [0.1, 0.15) is 37.3 Å². The van der Waals surface area contributed by atoms with Crippen molar-refractivity contribution in [3.63, 3.8) is 0 Å². The molecule has 188 valence electrons. The first-order valence-corrected chi connectivity index (χ1v) is 11.7. The zero-order valence-corrected chi connectivity index (χ0v) is 19.9. The number of carbonyl (C=O) groups excluding carboxylic acids is 1. The van der Waals surface area contributed by atoms with Crippen molar-refractivity contribution in [3.05, 3.63) is 89.3 Å². The Kier molecular flexibility index (Phi) is 9.12. The first-order valence-electron chi connectivity index (χ1n) is 11.7. The Morgan fingerprint density at radius 3 is 2.69 bits per heavy atom. The van der Waals surface area contributed by atoms with Gasteiger partial charge in [-0.2, -0.15) is 0 Å². The van der Waals surface area contributed by atoms with Gasteiger partial charge in [0.15, 0.2) is 11.6 Å². The molecule has 0 radical (unpaired) electrons. The monoisotopic (exact) mass is 487 g/mol. The number of benzene rings is 2. The van der Waals surface area contributed by atoms with Gasteiger partial charge in [-0.15, -0.1) is 0 Å². The first kappa shape index (κ1) is 26.5. The van der Waals surface area contributed by atoms with Crippen molar-refractivity contribution >= 4 is 11.6 Å². The number of carbonyl (C=O) groups is 1. The lowest BCUT2D eigenvalue weighted by molar-refractivity contribution is -0.133. The third-order valence-electron chi connectivity index (χ3n) is 6.06. The van der Waals surface area contributed by atoms with Crippen molar-refractivity contribution in [1.29, 1.82) is 0 Å². The first-order chi connectivity index (χ1) is 16.7. The number of fused-ring (bicyclic) bond motifs is 1. The molecular formula is C27H32F3N3O2. The smallest absolute Gasteiger partial charge is 0.224 e. The van der Waals surface area contributed by atoms with Gasteiger partial charge in [-0.1, -0.05) is 42.5 Å². The average molecular weight is 488 g/mol. The van der Waals surface area contributed by atoms with Gasteiger partial charge in [-0.3, -0.25) is 4.79 Å². The predicted molar refractivity (Wildman–Crippen MR) is 131 cm³/mol. The Morgan fingerprint density at radius 2 is 1.94 bits per heavy atom. The Balaban J connectivity index is 1.70. The molecule has 2 aromatic carbocycles. The summed E-state index contributed by atoms with van der Waals surface area (Å²) in [7, 11) is 0. The van der Waals surface area contributed by atoms with Crippen LogP contribution in [-0.4, -0.2) is 41.3 Å². The number of anilines is 1. The molecule has 0 saturated heterocycles. The average Bonchev–Trinajstić information content (AvgIpc) is 2.94. The molecule has 3 rings (SSSR count). The van der Waals surface area contributed by atoms with E-state index >= 15 is 0 Å². The minimum Gasteiger partial charge on any atom is -0.372 e. The van der Waals surface area contributed by atoms with Crippen molar-refractivity contribution < 1.29 is 23.1 Å². The third kappa shape index (κ3) is 6.96. The summed E-state index contributed by atoms with van der Waals surface area (Å²) >= 11 is 0. The van der Waals surface area contributed by atoms with E-state index in [-0.39, 0.29) is 37.4 Å². The summed E-state index contributed by atoms with van der Waals surface area (Å²) in [6.45, 7) is 6.89. The predicted octanol–water partition coefficient (Wildman–Crippen LogP) is 4.44. The highest BCUT2D eigenvalue weighted by molar-refractivity contribution is 5.77. The van der Waals surface area contributed by atoms with Crippen LogP contribution in [0.25, 0.3) is 0 Å². The zero-order chi connectivity index (χ0) is 25.5. The molecule has 5 nitrogen and oxygen atoms in total. The number of halogens is 3. The number of aliphatic hydroxyl groups excluding tert-OH is 1. The van der Waals surface area contributed by atoms with Crippen molar-refractivity contribution in [3.8, 4) is 0 Å². The van der Waals surface area contributed by atoms with Gasteiger partial charge in [0.1, 0.15) is 12.0 Å². The van der Waals surface area contributed by atoms with Gasteiger partial charge in [-0.25, -0.2) is 13.2 Å². The lowest BCUT2D eigenvalue weighted by Crippen LogP contribution is -2.45. The van der Waals surface area contributed by atoms with E-state index in [9.17, 15) is 23.1 Å². The highest BCUT2D eigenvalue weighted by atomic mass is 19.2. The third-order valence-corrected chi connectivity index (χ3v) is 6.06. The number of hydrogen-bond donors (Lipinski definition) is 2. The molecule has 1 aliphatic heterocycles. The molecule has 2 aromatic rings. The fourth-order valence-electron chi connectivity index (χ4n) is 4.23. The topological polar surface area (TPSA) is 69.8 Å². The largest absolute Gasteiger partial charge is 0.372 e. The van der Waals surface area contributed by atoms with Crippen molar-refractivity contribution in [2.45, 2.75) is 51.4 Å². The van der Waals surface area contributed by atoms with Crippen LogP contribution < -0.4 is 10.6 Å². The van der Waals surface area contributed by atoms with E-state index in [1.807, 2.05) is 42.2 Å². The Bertz CT molecular complexity index is 1090. The number of rotatable bonds is 9. The van der Waals surface area contributed by atoms with Crippen molar-refractivity contribution in [2.24, 2.45) is 5.73 Å². The summed E-state index contributed by atoms with van der Waals surface area (Å²) in [5.74, 6) is -3.67. The molecule has 0 aromatic heterocycles. The maximum absolute atomic E-state index is 14.0. The summed E-state index contributed by atoms with van der Waals surface area (Å²) in [6, 6.07) is 7.99. The molecule has 1 heterocycles. The fourth-order valence-corrected chi connectivity index (χ4v) is 4.23. The van der Waals surface area contributed by atoms with Crippen LogP contribution >= 0.6 is 0 Å². The van der Waals surface area contributed by atoms with Gasteiger partial charge in [-0.05, 0) is 49.4 Å². The zero-order valence-electron chi connectivity index (χ0n) is 19.9. The van der Waals surface area contributed by atoms with Crippen molar-refractivity contribution in [2.75, 3.05) is 18.0 Å². The van der Waals surface area contributed by atoms with Crippen LogP contribution in [0.4, 0.5) is 18.9 Å². The minimum atomic E-state index is -1.28. The summed E-state index contributed by atoms with van der Waals surface area (Å²) in [6.07, 6.45) is 4.48. The maximum atomic E-state index is 14.0. The molecule has 0 spiro atoms. The van der Waals surface area contributed by atoms with Gasteiger partial charge in [0.05, 0.1) is 6.54 Å². The summed E-state index contributed by atoms with van der Waals surface area (Å²) in [5, 5.41) is 11.0. The molecule has 0 fully saturated rings. The number of allylic oxidation sites excluding steroid dienone is 2. The molecular weight excluding hydrogens is 455 g/mol. The number of hydrogen-bond acceptors (Lipinski definition) is 4. The van der Waals surface area contributed by atoms with Crippen LogP contribution in [0.15, 0.2) is 60.7 Å². The van der Waals surface area contributed by atoms with Gasteiger partial charge < -0.3 is 20.6 Å². The molecule has 2 atom stereocenters. The number of aliphatic hydroxyl groups is 1.